The van der Waals surface area contributed by atoms with Crippen molar-refractivity contribution in [1.82, 2.24) is 0 Å². The Morgan fingerprint density at radius 3 is 0.333 bits per heavy atom. The van der Waals surface area contributed by atoms with Crippen LogP contribution in [0.1, 0.15) is 0 Å². The molecule has 0 bridgehead atoms. The van der Waals surface area contributed by atoms with E-state index in [-0.39, 0.29) is 153 Å². The summed E-state index contributed by atoms with van der Waals surface area (Å²) in [6, 6.07) is 0. The fourth-order valence-electron chi connectivity index (χ4n) is 0. The van der Waals surface area contributed by atoms with E-state index in [1.807, 2.05) is 0 Å². The summed E-state index contributed by atoms with van der Waals surface area (Å²) >= 11 is 0. The van der Waals surface area contributed by atoms with Gasteiger partial charge in [0.15, 0.2) is 0 Å². The first-order chi connectivity index (χ1) is 0. The van der Waals surface area contributed by atoms with Gasteiger partial charge in [-0.05, 0) is 0 Å². The average Bonchev–Trinajstić information content (AvgIpc) is 0. The van der Waals surface area contributed by atoms with Crippen molar-refractivity contribution in [3.8, 4) is 0 Å². The molecule has 0 N–H and O–H groups in total. The van der Waals surface area contributed by atoms with Crippen LogP contribution in [-0.4, -0.2) is 103 Å². The van der Waals surface area contributed by atoms with Crippen molar-refractivity contribution in [2.75, 3.05) is 0 Å². The molecule has 0 aliphatic heterocycles. The summed E-state index contributed by atoms with van der Waals surface area (Å²) in [6.07, 6.45) is 0. The van der Waals surface area contributed by atoms with E-state index in [1.165, 1.54) is 0 Å². The molecule has 0 aromatic carbocycles. The fourth-order valence-corrected chi connectivity index (χ4v) is 0. The molecule has 0 heterocycles. The van der Waals surface area contributed by atoms with Gasteiger partial charge in [-0.25, -0.2) is 0 Å². The predicted octanol–water partition coefficient (Wildman–Crippen LogP) is -0.385. The third-order valence-corrected chi connectivity index (χ3v) is 0. The smallest absolute Gasteiger partial charge is 0 e. The first-order valence-corrected chi connectivity index (χ1v) is 0. The molecule has 0 saturated carbocycles. The third kappa shape index (κ3) is 83.2. The van der Waals surface area contributed by atoms with Crippen molar-refractivity contribution in [3.05, 3.63) is 0 Å². The zero-order valence-electron chi connectivity index (χ0n) is 2.95. The summed E-state index contributed by atoms with van der Waals surface area (Å²) in [6.45, 7) is 0. The predicted molar refractivity (Wildman–Crippen MR) is 29.3 cm³/mol. The van der Waals surface area contributed by atoms with Gasteiger partial charge in [0.1, 0.15) is 0 Å². The van der Waals surface area contributed by atoms with Crippen LogP contribution in [0, 0.1) is 0 Å². The molecular formula is H8F6K2Ti. The summed E-state index contributed by atoms with van der Waals surface area (Å²) in [5.41, 5.74) is 0. The van der Waals surface area contributed by atoms with Crippen molar-refractivity contribution in [2.45, 2.75) is 0 Å². The van der Waals surface area contributed by atoms with Crippen molar-refractivity contribution in [2.24, 2.45) is 0 Å². The normalized spacial score (nSPS) is 0. The summed E-state index contributed by atoms with van der Waals surface area (Å²) in [5.74, 6) is 0. The van der Waals surface area contributed by atoms with Gasteiger partial charge < -0.3 is 0 Å². The first kappa shape index (κ1) is 132. The molecule has 56 valence electrons. The van der Waals surface area contributed by atoms with Crippen LogP contribution in [0.15, 0.2) is 0 Å². The van der Waals surface area contributed by atoms with E-state index < -0.39 is 0 Å². The third-order valence-electron chi connectivity index (χ3n) is 0. The van der Waals surface area contributed by atoms with Crippen molar-refractivity contribution in [3.63, 3.8) is 0 Å². The molecule has 0 atom stereocenters. The molecule has 0 nitrogen and oxygen atoms in total. The van der Waals surface area contributed by atoms with Gasteiger partial charge in [0.25, 0.3) is 0 Å². The van der Waals surface area contributed by atoms with Gasteiger partial charge in [-0.3, -0.25) is 28.2 Å². The van der Waals surface area contributed by atoms with Gasteiger partial charge in [0.05, 0.1) is 0 Å². The Hall–Kier alpha value is 3.57. The molecular weight excluding hydrogens is 240 g/mol. The quantitative estimate of drug-likeness (QED) is 0.405. The molecule has 0 fully saturated rings. The van der Waals surface area contributed by atoms with Crippen LogP contribution in [-0.2, 0) is 21.7 Å². The molecule has 0 aliphatic carbocycles. The van der Waals surface area contributed by atoms with E-state index in [0.717, 1.165) is 0 Å². The summed E-state index contributed by atoms with van der Waals surface area (Å²) in [4.78, 5) is 0. The minimum atomic E-state index is 0. The SMILES string of the molecule is F.F.F.F.F.F.[KH].[KH].[Ti]. The molecule has 0 rings (SSSR count). The van der Waals surface area contributed by atoms with E-state index in [4.69, 9.17) is 0 Å². The molecule has 0 aliphatic rings. The summed E-state index contributed by atoms with van der Waals surface area (Å²) in [7, 11) is 0. The van der Waals surface area contributed by atoms with Gasteiger partial charge >= 0.3 is 103 Å². The van der Waals surface area contributed by atoms with E-state index in [2.05, 4.69) is 0 Å². The van der Waals surface area contributed by atoms with E-state index in [1.54, 1.807) is 0 Å². The average molecular weight is 248 g/mol. The molecule has 0 aromatic rings. The Labute approximate surface area is 149 Å². The van der Waals surface area contributed by atoms with E-state index in [9.17, 15) is 0 Å². The van der Waals surface area contributed by atoms with Crippen LogP contribution in [0.3, 0.4) is 0 Å². The largest absolute Gasteiger partial charge is 0 e. The van der Waals surface area contributed by atoms with Gasteiger partial charge in [0.2, 0.25) is 0 Å². The molecule has 0 spiro atoms. The standard InChI is InChI=1S/6FH.2K.Ti.2H/h6*1H;;;;;. The Balaban J connectivity index is 0. The van der Waals surface area contributed by atoms with Gasteiger partial charge in [-0.1, -0.05) is 0 Å². The zero-order chi connectivity index (χ0) is 0. The van der Waals surface area contributed by atoms with E-state index >= 15 is 0 Å². The van der Waals surface area contributed by atoms with E-state index in [0.29, 0.717) is 0 Å². The van der Waals surface area contributed by atoms with Crippen LogP contribution in [0.4, 0.5) is 28.2 Å². The minimum absolute atomic E-state index is 0. The topological polar surface area (TPSA) is 0 Å². The van der Waals surface area contributed by atoms with Crippen LogP contribution in [0.25, 0.3) is 0 Å². The van der Waals surface area contributed by atoms with Crippen LogP contribution in [0.5, 0.6) is 0 Å². The number of rotatable bonds is 0. The number of hydrogen-bond donors (Lipinski definition) is 0. The van der Waals surface area contributed by atoms with Gasteiger partial charge in [-0.2, -0.15) is 0 Å². The summed E-state index contributed by atoms with van der Waals surface area (Å²) in [5, 5.41) is 0. The van der Waals surface area contributed by atoms with Crippen molar-refractivity contribution in [1.29, 1.82) is 0 Å². The second-order valence-electron chi connectivity index (χ2n) is 0. The van der Waals surface area contributed by atoms with Gasteiger partial charge in [-0.15, -0.1) is 0 Å². The molecule has 9 heteroatoms. The molecule has 0 saturated heterocycles. The molecule has 0 unspecified atom stereocenters. The number of halogens is 6. The monoisotopic (exact) mass is 248 g/mol. The maximum Gasteiger partial charge on any atom is 0 e. The first-order valence-electron chi connectivity index (χ1n) is 0. The Kier molecular flexibility index (Phi) is 1490. The van der Waals surface area contributed by atoms with Crippen LogP contribution >= 0.6 is 0 Å². The minimum Gasteiger partial charge on any atom is 0 e. The molecule has 0 amide bonds. The van der Waals surface area contributed by atoms with Crippen LogP contribution < -0.4 is 0 Å². The Morgan fingerprint density at radius 2 is 0.333 bits per heavy atom. The Morgan fingerprint density at radius 1 is 0.333 bits per heavy atom. The zero-order valence-corrected chi connectivity index (χ0v) is 4.51. The molecule has 0 radical (unpaired) electrons. The molecule has 0 aromatic heterocycles. The van der Waals surface area contributed by atoms with Crippen molar-refractivity contribution >= 4 is 103 Å². The molecule has 9 heavy (non-hydrogen) atoms. The number of hydrogen-bond acceptors (Lipinski definition) is 0. The summed E-state index contributed by atoms with van der Waals surface area (Å²) < 4.78 is 0. The maximum absolute atomic E-state index is 0. The Bertz CT molecular complexity index is 11.0. The van der Waals surface area contributed by atoms with Crippen molar-refractivity contribution < 1.29 is 49.9 Å². The second kappa shape index (κ2) is 102. The fraction of sp³-hybridized carbons (Fsp3) is 0. The maximum atomic E-state index is 0. The van der Waals surface area contributed by atoms with Crippen LogP contribution in [0.2, 0.25) is 0 Å². The van der Waals surface area contributed by atoms with Gasteiger partial charge in [0, 0.05) is 21.7 Å². The second-order valence-corrected chi connectivity index (χ2v) is 0.